The minimum Gasteiger partial charge on any atom is -0.481 e. The van der Waals surface area contributed by atoms with Gasteiger partial charge in [-0.25, -0.2) is 0 Å². The van der Waals surface area contributed by atoms with E-state index >= 15 is 0 Å². The molecule has 2 unspecified atom stereocenters. The van der Waals surface area contributed by atoms with E-state index in [1.54, 1.807) is 0 Å². The lowest BCUT2D eigenvalue weighted by atomic mass is 9.82. The van der Waals surface area contributed by atoms with Crippen molar-refractivity contribution in [3.05, 3.63) is 35.9 Å². The van der Waals surface area contributed by atoms with Gasteiger partial charge in [0.05, 0.1) is 12.0 Å². The van der Waals surface area contributed by atoms with E-state index in [2.05, 4.69) is 10.2 Å². The molecule has 130 valence electrons. The van der Waals surface area contributed by atoms with Crippen molar-refractivity contribution in [2.75, 3.05) is 13.1 Å². The van der Waals surface area contributed by atoms with Crippen LogP contribution in [0.5, 0.6) is 0 Å². The van der Waals surface area contributed by atoms with Crippen LogP contribution in [0.1, 0.15) is 37.7 Å². The molecule has 1 aliphatic heterocycles. The molecule has 2 aliphatic rings. The minimum atomic E-state index is -0.824. The third-order valence-electron chi connectivity index (χ3n) is 5.31. The standard InChI is InChI=1S/C19H26N2O3/c22-18(10-9-14-7-4-8-14)20-17-13-21(12-16(17)19(23)24)11-15-5-2-1-3-6-15/h1-3,5-6,14,16-17H,4,7-13H2,(H,20,22)(H,23,24). The topological polar surface area (TPSA) is 69.6 Å². The molecule has 1 amide bonds. The second kappa shape index (κ2) is 7.79. The molecular formula is C19H26N2O3. The smallest absolute Gasteiger partial charge is 0.309 e. The van der Waals surface area contributed by atoms with E-state index in [9.17, 15) is 14.7 Å². The van der Waals surface area contributed by atoms with Gasteiger partial charge in [-0.1, -0.05) is 49.6 Å². The van der Waals surface area contributed by atoms with E-state index in [-0.39, 0.29) is 11.9 Å². The molecule has 5 nitrogen and oxygen atoms in total. The summed E-state index contributed by atoms with van der Waals surface area (Å²) in [4.78, 5) is 25.8. The molecule has 0 bridgehead atoms. The molecule has 2 fully saturated rings. The van der Waals surface area contributed by atoms with Crippen LogP contribution in [0.3, 0.4) is 0 Å². The van der Waals surface area contributed by atoms with Crippen molar-refractivity contribution in [3.63, 3.8) is 0 Å². The zero-order chi connectivity index (χ0) is 16.9. The molecule has 1 aliphatic carbocycles. The second-order valence-electron chi connectivity index (χ2n) is 7.13. The molecule has 0 aromatic heterocycles. The van der Waals surface area contributed by atoms with Crippen LogP contribution in [0.15, 0.2) is 30.3 Å². The van der Waals surface area contributed by atoms with Gasteiger partial charge in [0.15, 0.2) is 0 Å². The molecule has 5 heteroatoms. The number of nitrogens with zero attached hydrogens (tertiary/aromatic N) is 1. The van der Waals surface area contributed by atoms with Crippen LogP contribution in [0.4, 0.5) is 0 Å². The van der Waals surface area contributed by atoms with E-state index in [0.717, 1.165) is 13.0 Å². The Kier molecular flexibility index (Phi) is 5.51. The number of benzene rings is 1. The monoisotopic (exact) mass is 330 g/mol. The van der Waals surface area contributed by atoms with Gasteiger partial charge >= 0.3 is 5.97 Å². The summed E-state index contributed by atoms with van der Waals surface area (Å²) in [5.74, 6) is -0.653. The summed E-state index contributed by atoms with van der Waals surface area (Å²) in [7, 11) is 0. The third-order valence-corrected chi connectivity index (χ3v) is 5.31. The maximum Gasteiger partial charge on any atom is 0.309 e. The van der Waals surface area contributed by atoms with Gasteiger partial charge in [0.25, 0.3) is 0 Å². The van der Waals surface area contributed by atoms with Gasteiger partial charge in [-0.2, -0.15) is 0 Å². The van der Waals surface area contributed by atoms with E-state index in [1.807, 2.05) is 30.3 Å². The highest BCUT2D eigenvalue weighted by Gasteiger charge is 2.38. The predicted octanol–water partition coefficient (Wildman–Crippen LogP) is 2.27. The summed E-state index contributed by atoms with van der Waals surface area (Å²) in [6.07, 6.45) is 5.21. The zero-order valence-electron chi connectivity index (χ0n) is 14.0. The molecule has 1 aromatic carbocycles. The molecule has 2 N–H and O–H groups in total. The Bertz CT molecular complexity index is 571. The van der Waals surface area contributed by atoms with Crippen LogP contribution in [0.25, 0.3) is 0 Å². The molecule has 3 rings (SSSR count). The van der Waals surface area contributed by atoms with E-state index in [1.165, 1.54) is 24.8 Å². The Morgan fingerprint density at radius 2 is 1.92 bits per heavy atom. The molecule has 2 atom stereocenters. The van der Waals surface area contributed by atoms with E-state index < -0.39 is 11.9 Å². The number of nitrogens with one attached hydrogen (secondary N) is 1. The number of rotatable bonds is 7. The molecule has 1 aromatic rings. The maximum atomic E-state index is 12.2. The number of amides is 1. The molecule has 0 spiro atoms. The highest BCUT2D eigenvalue weighted by molar-refractivity contribution is 5.78. The average Bonchev–Trinajstić information content (AvgIpc) is 2.89. The van der Waals surface area contributed by atoms with Crippen LogP contribution < -0.4 is 5.32 Å². The summed E-state index contributed by atoms with van der Waals surface area (Å²) in [5.41, 5.74) is 1.17. The van der Waals surface area contributed by atoms with Crippen LogP contribution in [-0.2, 0) is 16.1 Å². The Morgan fingerprint density at radius 1 is 1.17 bits per heavy atom. The quantitative estimate of drug-likeness (QED) is 0.805. The van der Waals surface area contributed by atoms with Crippen LogP contribution in [-0.4, -0.2) is 41.0 Å². The van der Waals surface area contributed by atoms with Gasteiger partial charge in [-0.3, -0.25) is 14.5 Å². The number of hydrogen-bond acceptors (Lipinski definition) is 3. The third kappa shape index (κ3) is 4.35. The van der Waals surface area contributed by atoms with Crippen LogP contribution in [0.2, 0.25) is 0 Å². The lowest BCUT2D eigenvalue weighted by molar-refractivity contribution is -0.142. The number of carboxylic acid groups (broad SMARTS) is 1. The summed E-state index contributed by atoms with van der Waals surface area (Å²) >= 11 is 0. The van der Waals surface area contributed by atoms with Crippen molar-refractivity contribution >= 4 is 11.9 Å². The Morgan fingerprint density at radius 3 is 2.54 bits per heavy atom. The second-order valence-corrected chi connectivity index (χ2v) is 7.13. The lowest BCUT2D eigenvalue weighted by Gasteiger charge is -2.25. The normalized spacial score (nSPS) is 24.5. The largest absolute Gasteiger partial charge is 0.481 e. The molecule has 1 saturated heterocycles. The van der Waals surface area contributed by atoms with Crippen LogP contribution in [0, 0.1) is 11.8 Å². The molecule has 1 saturated carbocycles. The number of carbonyl (C=O) groups excluding carboxylic acids is 1. The summed E-state index contributed by atoms with van der Waals surface area (Å²) in [6, 6.07) is 9.74. The summed E-state index contributed by atoms with van der Waals surface area (Å²) < 4.78 is 0. The van der Waals surface area contributed by atoms with Crippen molar-refractivity contribution in [2.45, 2.75) is 44.7 Å². The van der Waals surface area contributed by atoms with Gasteiger partial charge in [-0.05, 0) is 17.9 Å². The number of likely N-dealkylation sites (tertiary alicyclic amines) is 1. The molecular weight excluding hydrogens is 304 g/mol. The highest BCUT2D eigenvalue weighted by Crippen LogP contribution is 2.30. The van der Waals surface area contributed by atoms with Crippen molar-refractivity contribution < 1.29 is 14.7 Å². The molecule has 1 heterocycles. The Hall–Kier alpha value is -1.88. The van der Waals surface area contributed by atoms with E-state index in [0.29, 0.717) is 25.4 Å². The SMILES string of the molecule is O=C(CCC1CCC1)NC1CN(Cc2ccccc2)CC1C(=O)O. The Balaban J connectivity index is 1.52. The van der Waals surface area contributed by atoms with Crippen molar-refractivity contribution in [3.8, 4) is 0 Å². The van der Waals surface area contributed by atoms with Crippen LogP contribution >= 0.6 is 0 Å². The number of aliphatic carboxylic acids is 1. The molecule has 0 radical (unpaired) electrons. The van der Waals surface area contributed by atoms with Crippen molar-refractivity contribution in [1.29, 1.82) is 0 Å². The lowest BCUT2D eigenvalue weighted by Crippen LogP contribution is -2.43. The summed E-state index contributed by atoms with van der Waals surface area (Å²) in [5, 5.41) is 12.4. The predicted molar refractivity (Wildman–Crippen MR) is 91.4 cm³/mol. The first-order valence-corrected chi connectivity index (χ1v) is 8.90. The van der Waals surface area contributed by atoms with Crippen molar-refractivity contribution in [2.24, 2.45) is 11.8 Å². The van der Waals surface area contributed by atoms with Crippen molar-refractivity contribution in [1.82, 2.24) is 10.2 Å². The van der Waals surface area contributed by atoms with Gasteiger partial charge in [-0.15, -0.1) is 0 Å². The fraction of sp³-hybridized carbons (Fsp3) is 0.579. The summed E-state index contributed by atoms with van der Waals surface area (Å²) in [6.45, 7) is 1.80. The average molecular weight is 330 g/mol. The number of carbonyl (C=O) groups is 2. The fourth-order valence-electron chi connectivity index (χ4n) is 3.65. The highest BCUT2D eigenvalue weighted by atomic mass is 16.4. The molecule has 24 heavy (non-hydrogen) atoms. The maximum absolute atomic E-state index is 12.2. The first-order valence-electron chi connectivity index (χ1n) is 8.90. The fourth-order valence-corrected chi connectivity index (χ4v) is 3.65. The van der Waals surface area contributed by atoms with Gasteiger partial charge in [0, 0.05) is 26.1 Å². The van der Waals surface area contributed by atoms with Gasteiger partial charge in [0.2, 0.25) is 5.91 Å². The first kappa shape index (κ1) is 17.0. The minimum absolute atomic E-state index is 0.000267. The Labute approximate surface area is 143 Å². The van der Waals surface area contributed by atoms with E-state index in [4.69, 9.17) is 0 Å². The zero-order valence-corrected chi connectivity index (χ0v) is 14.0. The number of hydrogen-bond donors (Lipinski definition) is 2. The number of carboxylic acids is 1. The van der Waals surface area contributed by atoms with Gasteiger partial charge < -0.3 is 10.4 Å². The van der Waals surface area contributed by atoms with Gasteiger partial charge in [0.1, 0.15) is 0 Å². The first-order chi connectivity index (χ1) is 11.6.